The zero-order valence-electron chi connectivity index (χ0n) is 11.4. The Morgan fingerprint density at radius 2 is 1.89 bits per heavy atom. The van der Waals surface area contributed by atoms with E-state index in [4.69, 9.17) is 0 Å². The minimum Gasteiger partial charge on any atom is -0.122 e. The van der Waals surface area contributed by atoms with Crippen molar-refractivity contribution < 1.29 is 0 Å². The first kappa shape index (κ1) is 13.2. The van der Waals surface area contributed by atoms with Gasteiger partial charge in [-0.25, -0.2) is 0 Å². The van der Waals surface area contributed by atoms with Crippen molar-refractivity contribution in [2.24, 2.45) is 0 Å². The van der Waals surface area contributed by atoms with Crippen LogP contribution in [0.4, 0.5) is 0 Å². The number of rotatable bonds is 3. The average Bonchev–Trinajstić information content (AvgIpc) is 2.48. The van der Waals surface area contributed by atoms with E-state index in [9.17, 15) is 0 Å². The summed E-state index contributed by atoms with van der Waals surface area (Å²) >= 11 is 1.93. The Balaban J connectivity index is 2.01. The van der Waals surface area contributed by atoms with Crippen molar-refractivity contribution in [3.8, 4) is 0 Å². The van der Waals surface area contributed by atoms with Crippen molar-refractivity contribution >= 4 is 11.8 Å². The fourth-order valence-electron chi connectivity index (χ4n) is 2.11. The standard InChI is InChI=1S/C17H20S/c1-13-5-4-6-17(11-13)18-12-16-8-7-14(2)9-15(3)10-16/h4-7,9-11H,8,12H2,1-3H3. The van der Waals surface area contributed by atoms with Crippen LogP contribution in [0.3, 0.4) is 0 Å². The SMILES string of the molecule is CC1=CCC(CSc2cccc(C)c2)=CC(C)=C1. The molecule has 0 aromatic heterocycles. The third-order valence-electron chi connectivity index (χ3n) is 2.99. The molecule has 0 amide bonds. The average molecular weight is 256 g/mol. The normalized spacial score (nSPS) is 15.6. The van der Waals surface area contributed by atoms with Gasteiger partial charge in [-0.15, -0.1) is 11.8 Å². The number of hydrogen-bond donors (Lipinski definition) is 0. The molecule has 0 radical (unpaired) electrons. The second kappa shape index (κ2) is 6.10. The van der Waals surface area contributed by atoms with Crippen LogP contribution in [0.1, 0.15) is 25.8 Å². The maximum atomic E-state index is 2.33. The summed E-state index contributed by atoms with van der Waals surface area (Å²) in [5.41, 5.74) is 5.58. The lowest BCUT2D eigenvalue weighted by atomic mass is 10.2. The van der Waals surface area contributed by atoms with Crippen molar-refractivity contribution in [3.05, 3.63) is 64.8 Å². The van der Waals surface area contributed by atoms with Crippen molar-refractivity contribution in [3.63, 3.8) is 0 Å². The van der Waals surface area contributed by atoms with Crippen LogP contribution in [0.25, 0.3) is 0 Å². The highest BCUT2D eigenvalue weighted by molar-refractivity contribution is 7.99. The van der Waals surface area contributed by atoms with E-state index >= 15 is 0 Å². The van der Waals surface area contributed by atoms with E-state index in [1.54, 1.807) is 0 Å². The second-order valence-corrected chi connectivity index (χ2v) is 6.00. The number of aryl methyl sites for hydroxylation is 1. The molecule has 1 aromatic carbocycles. The van der Waals surface area contributed by atoms with E-state index < -0.39 is 0 Å². The predicted octanol–water partition coefficient (Wildman–Crippen LogP) is 5.31. The van der Waals surface area contributed by atoms with E-state index in [1.165, 1.54) is 27.2 Å². The van der Waals surface area contributed by atoms with Gasteiger partial charge in [0.15, 0.2) is 0 Å². The topological polar surface area (TPSA) is 0 Å². The highest BCUT2D eigenvalue weighted by Gasteiger charge is 2.02. The molecule has 18 heavy (non-hydrogen) atoms. The summed E-state index contributed by atoms with van der Waals surface area (Å²) in [6, 6.07) is 8.73. The van der Waals surface area contributed by atoms with Gasteiger partial charge in [0, 0.05) is 10.6 Å². The quantitative estimate of drug-likeness (QED) is 0.660. The minimum absolute atomic E-state index is 1.08. The van der Waals surface area contributed by atoms with Gasteiger partial charge in [0.05, 0.1) is 0 Å². The Morgan fingerprint density at radius 1 is 1.06 bits per heavy atom. The van der Waals surface area contributed by atoms with Gasteiger partial charge in [0.2, 0.25) is 0 Å². The monoisotopic (exact) mass is 256 g/mol. The smallest absolute Gasteiger partial charge is 0.0197 e. The summed E-state index contributed by atoms with van der Waals surface area (Å²) in [6.45, 7) is 6.50. The Labute approximate surface area is 114 Å². The molecule has 1 aliphatic rings. The van der Waals surface area contributed by atoms with Gasteiger partial charge in [-0.05, 0) is 39.3 Å². The first-order valence-electron chi connectivity index (χ1n) is 6.37. The van der Waals surface area contributed by atoms with Crippen molar-refractivity contribution in [2.45, 2.75) is 32.1 Å². The molecule has 0 saturated carbocycles. The van der Waals surface area contributed by atoms with Crippen molar-refractivity contribution in [1.29, 1.82) is 0 Å². The van der Waals surface area contributed by atoms with E-state index in [0.717, 1.165) is 12.2 Å². The van der Waals surface area contributed by atoms with Gasteiger partial charge >= 0.3 is 0 Å². The second-order valence-electron chi connectivity index (χ2n) is 4.95. The summed E-state index contributed by atoms with van der Waals surface area (Å²) in [4.78, 5) is 1.36. The molecule has 0 fully saturated rings. The van der Waals surface area contributed by atoms with E-state index in [1.807, 2.05) is 11.8 Å². The fourth-order valence-corrected chi connectivity index (χ4v) is 3.11. The number of benzene rings is 1. The van der Waals surface area contributed by atoms with Gasteiger partial charge < -0.3 is 0 Å². The molecule has 0 spiro atoms. The molecule has 2 rings (SSSR count). The Bertz CT molecular complexity index is 518. The molecule has 0 heterocycles. The largest absolute Gasteiger partial charge is 0.122 e. The van der Waals surface area contributed by atoms with Crippen LogP contribution in [0.2, 0.25) is 0 Å². The van der Waals surface area contributed by atoms with Crippen LogP contribution in [0, 0.1) is 6.92 Å². The first-order chi connectivity index (χ1) is 8.63. The van der Waals surface area contributed by atoms with Gasteiger partial charge in [0.1, 0.15) is 0 Å². The summed E-state index contributed by atoms with van der Waals surface area (Å²) in [5, 5.41) is 0. The van der Waals surface area contributed by atoms with Gasteiger partial charge in [-0.2, -0.15) is 0 Å². The molecule has 0 unspecified atom stereocenters. The molecule has 0 saturated heterocycles. The predicted molar refractivity (Wildman–Crippen MR) is 82.1 cm³/mol. The lowest BCUT2D eigenvalue weighted by molar-refractivity contribution is 1.20. The minimum atomic E-state index is 1.08. The summed E-state index contributed by atoms with van der Waals surface area (Å²) in [5.74, 6) is 1.08. The van der Waals surface area contributed by atoms with Crippen LogP contribution in [0.15, 0.2) is 64.1 Å². The van der Waals surface area contributed by atoms with Gasteiger partial charge in [0.25, 0.3) is 0 Å². The third kappa shape index (κ3) is 3.92. The van der Waals surface area contributed by atoms with Crippen LogP contribution in [-0.2, 0) is 0 Å². The number of allylic oxidation sites excluding steroid dienone is 5. The Morgan fingerprint density at radius 3 is 2.67 bits per heavy atom. The third-order valence-corrected chi connectivity index (χ3v) is 4.09. The maximum absolute atomic E-state index is 2.33. The lowest BCUT2D eigenvalue weighted by Gasteiger charge is -2.05. The highest BCUT2D eigenvalue weighted by atomic mass is 32.2. The molecule has 1 aliphatic carbocycles. The van der Waals surface area contributed by atoms with E-state index in [-0.39, 0.29) is 0 Å². The van der Waals surface area contributed by atoms with Crippen LogP contribution in [-0.4, -0.2) is 5.75 Å². The van der Waals surface area contributed by atoms with Crippen LogP contribution in [0.5, 0.6) is 0 Å². The summed E-state index contributed by atoms with van der Waals surface area (Å²) < 4.78 is 0. The molecule has 94 valence electrons. The number of hydrogen-bond acceptors (Lipinski definition) is 1. The molecular formula is C17H20S. The molecule has 0 atom stereocenters. The van der Waals surface area contributed by atoms with E-state index in [0.29, 0.717) is 0 Å². The highest BCUT2D eigenvalue weighted by Crippen LogP contribution is 2.25. The van der Waals surface area contributed by atoms with Crippen molar-refractivity contribution in [1.82, 2.24) is 0 Å². The molecule has 0 bridgehead atoms. The van der Waals surface area contributed by atoms with Gasteiger partial charge in [-0.1, -0.05) is 52.6 Å². The molecule has 0 nitrogen and oxygen atoms in total. The first-order valence-corrected chi connectivity index (χ1v) is 7.36. The zero-order valence-corrected chi connectivity index (χ0v) is 12.2. The molecule has 1 heteroatoms. The summed E-state index contributed by atoms with van der Waals surface area (Å²) in [7, 11) is 0. The Hall–Kier alpha value is -1.21. The Kier molecular flexibility index (Phi) is 4.48. The van der Waals surface area contributed by atoms with Crippen LogP contribution >= 0.6 is 11.8 Å². The maximum Gasteiger partial charge on any atom is 0.0197 e. The molecule has 0 N–H and O–H groups in total. The molecule has 1 aromatic rings. The fraction of sp³-hybridized carbons (Fsp3) is 0.294. The molecular weight excluding hydrogens is 236 g/mol. The molecule has 0 aliphatic heterocycles. The van der Waals surface area contributed by atoms with E-state index in [2.05, 4.69) is 63.3 Å². The summed E-state index contributed by atoms with van der Waals surface area (Å²) in [6.07, 6.45) is 7.98. The number of thioether (sulfide) groups is 1. The van der Waals surface area contributed by atoms with Crippen LogP contribution < -0.4 is 0 Å². The lowest BCUT2D eigenvalue weighted by Crippen LogP contribution is -1.87. The van der Waals surface area contributed by atoms with Gasteiger partial charge in [-0.3, -0.25) is 0 Å². The zero-order chi connectivity index (χ0) is 13.0. The van der Waals surface area contributed by atoms with Crippen molar-refractivity contribution in [2.75, 3.05) is 5.75 Å².